The van der Waals surface area contributed by atoms with Gasteiger partial charge in [0, 0.05) is 18.2 Å². The van der Waals surface area contributed by atoms with Crippen molar-refractivity contribution >= 4 is 11.0 Å². The fourth-order valence-electron chi connectivity index (χ4n) is 4.79. The first-order valence-electron chi connectivity index (χ1n) is 12.8. The third kappa shape index (κ3) is 5.61. The first kappa shape index (κ1) is 30.0. The Morgan fingerprint density at radius 2 is 1.60 bits per heavy atom. The standard InChI is InChI=1S/C27H30O15/c1-37-17-4-10(2-3-13(17)30)24-18(7-12-14(31)5-11(29)6-16(12)39-24)40-27-23(36)21(34)25(19(8-28)41-27)42-26-22(35)20(33)15(32)9-38-26/h2-7,15,19-23,25-28,32-36H,8-9H2,1H3,(H2-,29,30,31)/p+1/t15-,19+,20-,21-,22-,23-,25-,26-,27-/m1/s1. The lowest BCUT2D eigenvalue weighted by Gasteiger charge is -2.44. The molecule has 0 saturated carbocycles. The van der Waals surface area contributed by atoms with E-state index in [-0.39, 0.29) is 52.1 Å². The number of methoxy groups -OCH3 is 1. The van der Waals surface area contributed by atoms with Crippen LogP contribution in [0.5, 0.6) is 28.7 Å². The molecule has 0 amide bonds. The van der Waals surface area contributed by atoms with Gasteiger partial charge in [0.1, 0.15) is 59.6 Å². The largest absolute Gasteiger partial charge is 0.507 e. The van der Waals surface area contributed by atoms with E-state index in [1.807, 2.05) is 0 Å². The normalized spacial score (nSPS) is 31.6. The number of aliphatic hydroxyl groups is 6. The Morgan fingerprint density at radius 3 is 2.31 bits per heavy atom. The van der Waals surface area contributed by atoms with Crippen LogP contribution in [0.1, 0.15) is 0 Å². The van der Waals surface area contributed by atoms with Gasteiger partial charge in [0.25, 0.3) is 0 Å². The minimum Gasteiger partial charge on any atom is -0.507 e. The zero-order valence-electron chi connectivity index (χ0n) is 22.0. The quantitative estimate of drug-likeness (QED) is 0.151. The molecule has 3 heterocycles. The lowest BCUT2D eigenvalue weighted by molar-refractivity contribution is -0.339. The van der Waals surface area contributed by atoms with Crippen molar-refractivity contribution in [2.45, 2.75) is 55.3 Å². The highest BCUT2D eigenvalue weighted by Crippen LogP contribution is 2.42. The van der Waals surface area contributed by atoms with Crippen LogP contribution in [0.4, 0.5) is 0 Å². The predicted molar refractivity (Wildman–Crippen MR) is 139 cm³/mol. The zero-order chi connectivity index (χ0) is 30.3. The minimum absolute atomic E-state index is 0.0127. The van der Waals surface area contributed by atoms with E-state index in [2.05, 4.69) is 0 Å². The molecule has 1 aromatic heterocycles. The molecule has 9 N–H and O–H groups in total. The number of hydrogen-bond acceptors (Lipinski definition) is 14. The second-order valence-electron chi connectivity index (χ2n) is 9.88. The Morgan fingerprint density at radius 1 is 0.857 bits per heavy atom. The highest BCUT2D eigenvalue weighted by Gasteiger charge is 2.50. The Hall–Kier alpha value is -3.51. The van der Waals surface area contributed by atoms with Crippen molar-refractivity contribution in [1.29, 1.82) is 0 Å². The van der Waals surface area contributed by atoms with Gasteiger partial charge >= 0.3 is 11.3 Å². The van der Waals surface area contributed by atoms with Gasteiger partial charge in [0.05, 0.1) is 32.0 Å². The smallest absolute Gasteiger partial charge is 0.402 e. The summed E-state index contributed by atoms with van der Waals surface area (Å²) in [5.41, 5.74) is 0.353. The fraction of sp³-hybridized carbons (Fsp3) is 0.444. The molecular formula is C27H31O15+. The SMILES string of the molecule is COc1cc(-c2[o+]c3cc(O)cc(O)c3cc2O[C@@H]2O[C@@H](CO)[C@@H](O[C@H]3OC[C@@H](O)[C@@H](O)[C@H]3O)[C@H](O)[C@H]2O)ccc1O. The number of phenolic OH excluding ortho intramolecular Hbond substituents is 3. The number of aliphatic hydroxyl groups excluding tert-OH is 6. The molecule has 0 spiro atoms. The summed E-state index contributed by atoms with van der Waals surface area (Å²) >= 11 is 0. The maximum atomic E-state index is 10.9. The van der Waals surface area contributed by atoms with Crippen LogP contribution >= 0.6 is 0 Å². The van der Waals surface area contributed by atoms with Crippen molar-refractivity contribution in [3.8, 4) is 40.1 Å². The molecule has 15 nitrogen and oxygen atoms in total. The molecule has 2 saturated heterocycles. The van der Waals surface area contributed by atoms with Gasteiger partial charge in [-0.05, 0) is 12.1 Å². The van der Waals surface area contributed by atoms with Gasteiger partial charge < -0.3 is 69.6 Å². The summed E-state index contributed by atoms with van der Waals surface area (Å²) in [5, 5.41) is 92.2. The van der Waals surface area contributed by atoms with Gasteiger partial charge in [-0.25, -0.2) is 4.42 Å². The molecule has 0 radical (unpaired) electrons. The van der Waals surface area contributed by atoms with Crippen LogP contribution in [0.25, 0.3) is 22.3 Å². The van der Waals surface area contributed by atoms with E-state index in [1.165, 1.54) is 37.4 Å². The topological polar surface area (TPSA) is 240 Å². The first-order chi connectivity index (χ1) is 20.0. The van der Waals surface area contributed by atoms with E-state index >= 15 is 0 Å². The zero-order valence-corrected chi connectivity index (χ0v) is 22.0. The third-order valence-corrected chi connectivity index (χ3v) is 7.07. The molecule has 15 heteroatoms. The van der Waals surface area contributed by atoms with Crippen LogP contribution in [0, 0.1) is 0 Å². The number of rotatable bonds is 7. The first-order valence-corrected chi connectivity index (χ1v) is 12.8. The van der Waals surface area contributed by atoms with Gasteiger partial charge in [-0.1, -0.05) is 0 Å². The molecule has 2 aromatic carbocycles. The average Bonchev–Trinajstić information content (AvgIpc) is 2.97. The number of phenols is 3. The molecule has 3 aromatic rings. The fourth-order valence-corrected chi connectivity index (χ4v) is 4.79. The van der Waals surface area contributed by atoms with Crippen molar-refractivity contribution in [3.05, 3.63) is 36.4 Å². The van der Waals surface area contributed by atoms with Gasteiger partial charge in [-0.3, -0.25) is 0 Å². The Labute approximate surface area is 237 Å². The lowest BCUT2D eigenvalue weighted by Crippen LogP contribution is -2.63. The van der Waals surface area contributed by atoms with Crippen LogP contribution < -0.4 is 9.47 Å². The Balaban J connectivity index is 1.47. The average molecular weight is 596 g/mol. The number of ether oxygens (including phenoxy) is 5. The molecule has 42 heavy (non-hydrogen) atoms. The third-order valence-electron chi connectivity index (χ3n) is 7.07. The highest BCUT2D eigenvalue weighted by molar-refractivity contribution is 5.88. The van der Waals surface area contributed by atoms with Gasteiger partial charge in [0.15, 0.2) is 17.8 Å². The van der Waals surface area contributed by atoms with Gasteiger partial charge in [0.2, 0.25) is 12.0 Å². The van der Waals surface area contributed by atoms with E-state index in [0.29, 0.717) is 5.56 Å². The molecule has 0 bridgehead atoms. The predicted octanol–water partition coefficient (Wildman–Crippen LogP) is -0.852. The molecule has 2 fully saturated rings. The summed E-state index contributed by atoms with van der Waals surface area (Å²) in [4.78, 5) is 0. The second kappa shape index (κ2) is 12.0. The van der Waals surface area contributed by atoms with Crippen LogP contribution in [-0.2, 0) is 14.2 Å². The molecule has 2 aliphatic rings. The van der Waals surface area contributed by atoms with Crippen molar-refractivity contribution in [2.24, 2.45) is 0 Å². The number of aromatic hydroxyl groups is 3. The van der Waals surface area contributed by atoms with E-state index in [9.17, 15) is 46.0 Å². The second-order valence-corrected chi connectivity index (χ2v) is 9.88. The maximum absolute atomic E-state index is 10.9. The summed E-state index contributed by atoms with van der Waals surface area (Å²) in [6.45, 7) is -1.13. The molecule has 5 rings (SSSR count). The van der Waals surface area contributed by atoms with Crippen LogP contribution in [-0.4, -0.2) is 122 Å². The Kier molecular flexibility index (Phi) is 8.56. The molecule has 228 valence electrons. The van der Waals surface area contributed by atoms with Gasteiger partial charge in [-0.2, -0.15) is 0 Å². The molecule has 0 aliphatic carbocycles. The monoisotopic (exact) mass is 595 g/mol. The summed E-state index contributed by atoms with van der Waals surface area (Å²) in [7, 11) is 1.34. The van der Waals surface area contributed by atoms with Crippen molar-refractivity contribution in [1.82, 2.24) is 0 Å². The number of fused-ring (bicyclic) bond motifs is 1. The number of hydrogen-bond donors (Lipinski definition) is 9. The van der Waals surface area contributed by atoms with Gasteiger partial charge in [-0.15, -0.1) is 0 Å². The van der Waals surface area contributed by atoms with Crippen LogP contribution in [0.15, 0.2) is 40.8 Å². The van der Waals surface area contributed by atoms with Crippen molar-refractivity contribution in [2.75, 3.05) is 20.3 Å². The van der Waals surface area contributed by atoms with E-state index in [0.717, 1.165) is 6.07 Å². The lowest BCUT2D eigenvalue weighted by atomic mass is 9.98. The highest BCUT2D eigenvalue weighted by atomic mass is 16.7. The van der Waals surface area contributed by atoms with Crippen molar-refractivity contribution in [3.63, 3.8) is 0 Å². The molecule has 9 atom stereocenters. The molecule has 2 aliphatic heterocycles. The number of benzene rings is 2. The summed E-state index contributed by atoms with van der Waals surface area (Å²) in [5.74, 6) is -0.861. The van der Waals surface area contributed by atoms with Crippen molar-refractivity contribution < 1.29 is 74.1 Å². The molecule has 0 unspecified atom stereocenters. The summed E-state index contributed by atoms with van der Waals surface area (Å²) < 4.78 is 33.5. The minimum atomic E-state index is -1.82. The van der Waals surface area contributed by atoms with Crippen LogP contribution in [0.3, 0.4) is 0 Å². The summed E-state index contributed by atoms with van der Waals surface area (Å²) in [6, 6.07) is 7.87. The maximum Gasteiger partial charge on any atom is 0.402 e. The van der Waals surface area contributed by atoms with E-state index in [4.69, 9.17) is 28.1 Å². The molecular weight excluding hydrogens is 564 g/mol. The van der Waals surface area contributed by atoms with Crippen LogP contribution in [0.2, 0.25) is 0 Å². The van der Waals surface area contributed by atoms with E-state index in [1.54, 1.807) is 0 Å². The Bertz CT molecular complexity index is 1410. The van der Waals surface area contributed by atoms with E-state index < -0.39 is 61.9 Å². The summed E-state index contributed by atoms with van der Waals surface area (Å²) in [6.07, 6.45) is -14.3.